The second kappa shape index (κ2) is 7.46. The van der Waals surface area contributed by atoms with Gasteiger partial charge in [0.2, 0.25) is 0 Å². The Morgan fingerprint density at radius 3 is 2.65 bits per heavy atom. The lowest BCUT2D eigenvalue weighted by atomic mass is 10.1. The quantitative estimate of drug-likeness (QED) is 0.814. The number of Topliss-reactive ketones (excluding diaryl/α,β-unsaturated/α-hetero) is 1. The van der Waals surface area contributed by atoms with Crippen LogP contribution in [0.2, 0.25) is 0 Å². The van der Waals surface area contributed by atoms with Crippen LogP contribution in [0.3, 0.4) is 0 Å². The van der Waals surface area contributed by atoms with Crippen LogP contribution in [0, 0.1) is 11.3 Å². The Bertz CT molecular complexity index is 745. The summed E-state index contributed by atoms with van der Waals surface area (Å²) in [6.07, 6.45) is 0.0897. The van der Waals surface area contributed by atoms with Crippen molar-refractivity contribution >= 4 is 11.5 Å². The van der Waals surface area contributed by atoms with Crippen LogP contribution in [0.1, 0.15) is 42.3 Å². The Balaban J connectivity index is 2.23. The van der Waals surface area contributed by atoms with Gasteiger partial charge < -0.3 is 10.1 Å². The van der Waals surface area contributed by atoms with Gasteiger partial charge in [-0.1, -0.05) is 18.2 Å². The molecule has 4 nitrogen and oxygen atoms in total. The second-order valence-corrected chi connectivity index (χ2v) is 5.56. The average molecular weight is 308 g/mol. The van der Waals surface area contributed by atoms with E-state index in [0.29, 0.717) is 23.4 Å². The number of carbonyl (C=O) groups excluding carboxylic acids is 1. The van der Waals surface area contributed by atoms with Crippen molar-refractivity contribution in [1.82, 2.24) is 0 Å². The predicted octanol–water partition coefficient (Wildman–Crippen LogP) is 4.16. The molecule has 118 valence electrons. The molecule has 0 aliphatic rings. The Kier molecular flexibility index (Phi) is 5.37. The Hall–Kier alpha value is -2.80. The minimum Gasteiger partial charge on any atom is -0.491 e. The zero-order valence-corrected chi connectivity index (χ0v) is 13.6. The average Bonchev–Trinajstić information content (AvgIpc) is 2.53. The highest BCUT2D eigenvalue weighted by molar-refractivity contribution is 5.95. The van der Waals surface area contributed by atoms with E-state index in [-0.39, 0.29) is 11.9 Å². The first-order valence-corrected chi connectivity index (χ1v) is 7.54. The first-order valence-electron chi connectivity index (χ1n) is 7.54. The molecule has 23 heavy (non-hydrogen) atoms. The number of carbonyl (C=O) groups is 1. The monoisotopic (exact) mass is 308 g/mol. The van der Waals surface area contributed by atoms with Crippen LogP contribution in [-0.4, -0.2) is 11.9 Å². The number of hydrogen-bond acceptors (Lipinski definition) is 4. The number of para-hydroxylation sites is 1. The molecule has 1 N–H and O–H groups in total. The van der Waals surface area contributed by atoms with Crippen LogP contribution in [0.5, 0.6) is 5.75 Å². The third-order valence-corrected chi connectivity index (χ3v) is 3.35. The van der Waals surface area contributed by atoms with Crippen LogP contribution >= 0.6 is 0 Å². The van der Waals surface area contributed by atoms with Gasteiger partial charge in [0.15, 0.2) is 5.78 Å². The summed E-state index contributed by atoms with van der Waals surface area (Å²) in [5.74, 6) is 0.789. The number of anilines is 1. The normalized spacial score (nSPS) is 10.2. The van der Waals surface area contributed by atoms with E-state index in [1.165, 1.54) is 6.92 Å². The largest absolute Gasteiger partial charge is 0.491 e. The summed E-state index contributed by atoms with van der Waals surface area (Å²) >= 11 is 0. The molecule has 0 atom stereocenters. The van der Waals surface area contributed by atoms with Crippen LogP contribution in [0.15, 0.2) is 42.5 Å². The maximum absolute atomic E-state index is 11.5. The molecule has 0 saturated heterocycles. The van der Waals surface area contributed by atoms with Gasteiger partial charge in [-0.25, -0.2) is 0 Å². The van der Waals surface area contributed by atoms with Crippen molar-refractivity contribution in [2.45, 2.75) is 33.4 Å². The van der Waals surface area contributed by atoms with Crippen molar-refractivity contribution in [2.75, 3.05) is 5.32 Å². The Morgan fingerprint density at radius 2 is 2.00 bits per heavy atom. The molecule has 2 aromatic rings. The van der Waals surface area contributed by atoms with Crippen LogP contribution in [0.4, 0.5) is 5.69 Å². The molecule has 0 saturated carbocycles. The number of nitrogens with one attached hydrogen (secondary N) is 1. The number of rotatable bonds is 6. The van der Waals surface area contributed by atoms with Gasteiger partial charge >= 0.3 is 0 Å². The van der Waals surface area contributed by atoms with Crippen molar-refractivity contribution in [3.63, 3.8) is 0 Å². The summed E-state index contributed by atoms with van der Waals surface area (Å²) < 4.78 is 5.79. The minimum atomic E-state index is -0.0268. The number of nitrogens with zero attached hydrogens (tertiary/aromatic N) is 1. The molecule has 0 aromatic heterocycles. The number of hydrogen-bond donors (Lipinski definition) is 1. The summed E-state index contributed by atoms with van der Waals surface area (Å²) in [6, 6.07) is 15.0. The summed E-state index contributed by atoms with van der Waals surface area (Å²) in [4.78, 5) is 11.5. The standard InChI is InChI=1S/C19H20N2O2/c1-13(2)23-19-7-5-4-6-17(19)12-21-18-10-15(14(3)22)8-9-16(18)11-20/h4-10,13,21H,12H2,1-3H3. The molecule has 2 rings (SSSR count). The predicted molar refractivity (Wildman–Crippen MR) is 90.7 cm³/mol. The van der Waals surface area contributed by atoms with Gasteiger partial charge in [-0.2, -0.15) is 5.26 Å². The SMILES string of the molecule is CC(=O)c1ccc(C#N)c(NCc2ccccc2OC(C)C)c1. The van der Waals surface area contributed by atoms with E-state index in [1.807, 2.05) is 38.1 Å². The number of ketones is 1. The maximum Gasteiger partial charge on any atom is 0.159 e. The first kappa shape index (κ1) is 16.6. The Morgan fingerprint density at radius 1 is 1.26 bits per heavy atom. The van der Waals surface area contributed by atoms with Crippen LogP contribution in [0.25, 0.3) is 0 Å². The van der Waals surface area contributed by atoms with Gasteiger partial charge in [0.25, 0.3) is 0 Å². The second-order valence-electron chi connectivity index (χ2n) is 5.56. The van der Waals surface area contributed by atoms with Gasteiger partial charge in [-0.05, 0) is 45.0 Å². The summed E-state index contributed by atoms with van der Waals surface area (Å²) in [7, 11) is 0. The lowest BCUT2D eigenvalue weighted by Gasteiger charge is -2.15. The van der Waals surface area contributed by atoms with Crippen LogP contribution < -0.4 is 10.1 Å². The molecule has 0 radical (unpaired) electrons. The van der Waals surface area contributed by atoms with Gasteiger partial charge in [0.05, 0.1) is 17.4 Å². The van der Waals surface area contributed by atoms with Gasteiger partial charge in [0, 0.05) is 17.7 Å². The molecular formula is C19H20N2O2. The smallest absolute Gasteiger partial charge is 0.159 e. The van der Waals surface area contributed by atoms with E-state index < -0.39 is 0 Å². The topological polar surface area (TPSA) is 62.1 Å². The van der Waals surface area contributed by atoms with E-state index in [2.05, 4.69) is 11.4 Å². The fraction of sp³-hybridized carbons (Fsp3) is 0.263. The lowest BCUT2D eigenvalue weighted by Crippen LogP contribution is -2.09. The molecule has 2 aromatic carbocycles. The number of nitriles is 1. The van der Waals surface area contributed by atoms with Crippen LogP contribution in [-0.2, 0) is 6.54 Å². The molecule has 0 aliphatic heterocycles. The fourth-order valence-electron chi connectivity index (χ4n) is 2.22. The van der Waals surface area contributed by atoms with Crippen molar-refractivity contribution in [3.8, 4) is 11.8 Å². The minimum absolute atomic E-state index is 0.0268. The van der Waals surface area contributed by atoms with Crippen molar-refractivity contribution in [3.05, 3.63) is 59.2 Å². The molecule has 0 amide bonds. The highest BCUT2D eigenvalue weighted by atomic mass is 16.5. The third-order valence-electron chi connectivity index (χ3n) is 3.35. The molecule has 0 aliphatic carbocycles. The summed E-state index contributed by atoms with van der Waals surface area (Å²) in [5, 5.41) is 12.5. The zero-order chi connectivity index (χ0) is 16.8. The highest BCUT2D eigenvalue weighted by Crippen LogP contribution is 2.23. The number of benzene rings is 2. The summed E-state index contributed by atoms with van der Waals surface area (Å²) in [6.45, 7) is 5.98. The van der Waals surface area contributed by atoms with Crippen molar-refractivity contribution in [2.24, 2.45) is 0 Å². The van der Waals surface area contributed by atoms with E-state index in [4.69, 9.17) is 4.74 Å². The van der Waals surface area contributed by atoms with Gasteiger partial charge in [-0.15, -0.1) is 0 Å². The molecule has 0 unspecified atom stereocenters. The maximum atomic E-state index is 11.5. The first-order chi connectivity index (χ1) is 11.0. The fourth-order valence-corrected chi connectivity index (χ4v) is 2.22. The van der Waals surface area contributed by atoms with Gasteiger partial charge in [-0.3, -0.25) is 4.79 Å². The number of ether oxygens (including phenoxy) is 1. The van der Waals surface area contributed by atoms with E-state index in [1.54, 1.807) is 18.2 Å². The van der Waals surface area contributed by atoms with Crippen molar-refractivity contribution in [1.29, 1.82) is 5.26 Å². The van der Waals surface area contributed by atoms with E-state index in [0.717, 1.165) is 11.3 Å². The van der Waals surface area contributed by atoms with E-state index in [9.17, 15) is 10.1 Å². The zero-order valence-electron chi connectivity index (χ0n) is 13.6. The molecule has 0 heterocycles. The molecular weight excluding hydrogens is 288 g/mol. The van der Waals surface area contributed by atoms with Crippen molar-refractivity contribution < 1.29 is 9.53 Å². The van der Waals surface area contributed by atoms with E-state index >= 15 is 0 Å². The lowest BCUT2D eigenvalue weighted by molar-refractivity contribution is 0.101. The molecule has 0 spiro atoms. The Labute approximate surface area is 136 Å². The van der Waals surface area contributed by atoms with Gasteiger partial charge in [0.1, 0.15) is 11.8 Å². The third kappa shape index (κ3) is 4.33. The molecule has 0 bridgehead atoms. The molecule has 0 fully saturated rings. The highest BCUT2D eigenvalue weighted by Gasteiger charge is 2.09. The molecule has 4 heteroatoms. The summed E-state index contributed by atoms with van der Waals surface area (Å²) in [5.41, 5.74) is 2.74.